The molecule has 7 heteroatoms. The van der Waals surface area contributed by atoms with Gasteiger partial charge in [-0.3, -0.25) is 9.59 Å². The summed E-state index contributed by atoms with van der Waals surface area (Å²) in [5, 5.41) is 6.27. The second-order valence-electron chi connectivity index (χ2n) is 9.88. The maximum Gasteiger partial charge on any atom is 0.220 e. The molecule has 2 amide bonds. The first kappa shape index (κ1) is 22.6. The van der Waals surface area contributed by atoms with E-state index in [4.69, 9.17) is 0 Å². The second-order valence-corrected chi connectivity index (χ2v) is 12.0. The highest BCUT2D eigenvalue weighted by Crippen LogP contribution is 2.32. The molecule has 6 atom stereocenters. The summed E-state index contributed by atoms with van der Waals surface area (Å²) in [5.41, 5.74) is 0. The molecule has 3 rings (SSSR count). The molecule has 29 heavy (non-hydrogen) atoms. The minimum Gasteiger partial charge on any atom is -0.353 e. The zero-order valence-corrected chi connectivity index (χ0v) is 18.8. The van der Waals surface area contributed by atoms with Crippen molar-refractivity contribution >= 4 is 21.7 Å². The average Bonchev–Trinajstić information content (AvgIpc) is 2.92. The highest BCUT2D eigenvalue weighted by Gasteiger charge is 2.40. The summed E-state index contributed by atoms with van der Waals surface area (Å²) < 4.78 is 24.5. The third-order valence-electron chi connectivity index (χ3n) is 7.41. The minimum atomic E-state index is -3.18. The lowest BCUT2D eigenvalue weighted by Gasteiger charge is -2.31. The van der Waals surface area contributed by atoms with Gasteiger partial charge in [0.15, 0.2) is 9.84 Å². The van der Waals surface area contributed by atoms with Crippen LogP contribution < -0.4 is 10.6 Å². The fourth-order valence-corrected chi connectivity index (χ4v) is 7.73. The van der Waals surface area contributed by atoms with Gasteiger partial charge in [-0.25, -0.2) is 8.42 Å². The molecule has 0 unspecified atom stereocenters. The monoisotopic (exact) mass is 426 g/mol. The lowest BCUT2D eigenvalue weighted by molar-refractivity contribution is -0.126. The molecule has 0 aromatic carbocycles. The number of amides is 2. The van der Waals surface area contributed by atoms with E-state index < -0.39 is 9.84 Å². The standard InChI is InChI=1S/C22H38N2O4S/c1-15-7-3-5-9-19(15)23-21(25)11-17-13-29(27,28)14-18(17)12-22(26)24-20-10-6-4-8-16(20)2/h15-20H,3-14H2,1-2H3,(H,23,25)(H,24,26)/t15-,16+,17-,18+,19+,20-. The number of hydrogen-bond acceptors (Lipinski definition) is 4. The normalized spacial score (nSPS) is 37.0. The van der Waals surface area contributed by atoms with E-state index in [0.717, 1.165) is 38.5 Å². The van der Waals surface area contributed by atoms with Gasteiger partial charge in [-0.05, 0) is 49.4 Å². The van der Waals surface area contributed by atoms with Gasteiger partial charge in [-0.15, -0.1) is 0 Å². The number of nitrogens with one attached hydrogen (secondary N) is 2. The Labute approximate surface area is 175 Å². The molecule has 0 bridgehead atoms. The van der Waals surface area contributed by atoms with Gasteiger partial charge >= 0.3 is 0 Å². The first-order valence-electron chi connectivity index (χ1n) is 11.5. The molecule has 0 aromatic heterocycles. The van der Waals surface area contributed by atoms with Crippen LogP contribution in [0, 0.1) is 23.7 Å². The SMILES string of the molecule is C[C@@H]1CCCC[C@@H]1NC(=O)C[C@@H]1CS(=O)(=O)C[C@@H]1CC(=O)N[C@@H]1CCCC[C@@H]1C. The molecule has 6 nitrogen and oxygen atoms in total. The average molecular weight is 427 g/mol. The van der Waals surface area contributed by atoms with E-state index in [1.807, 2.05) is 0 Å². The highest BCUT2D eigenvalue weighted by atomic mass is 32.2. The smallest absolute Gasteiger partial charge is 0.220 e. The van der Waals surface area contributed by atoms with Gasteiger partial charge in [0, 0.05) is 24.9 Å². The summed E-state index contributed by atoms with van der Waals surface area (Å²) in [7, 11) is -3.18. The van der Waals surface area contributed by atoms with E-state index in [1.165, 1.54) is 12.8 Å². The van der Waals surface area contributed by atoms with E-state index in [0.29, 0.717) is 11.8 Å². The molecule has 166 valence electrons. The third-order valence-corrected chi connectivity index (χ3v) is 9.29. The van der Waals surface area contributed by atoms with Crippen molar-refractivity contribution in [2.45, 2.75) is 90.1 Å². The van der Waals surface area contributed by atoms with E-state index in [2.05, 4.69) is 24.5 Å². The van der Waals surface area contributed by atoms with Crippen LogP contribution in [-0.2, 0) is 19.4 Å². The summed E-state index contributed by atoms with van der Waals surface area (Å²) in [5.74, 6) is 0.367. The fourth-order valence-electron chi connectivity index (χ4n) is 5.51. The molecular formula is C22H38N2O4S. The van der Waals surface area contributed by atoms with E-state index in [-0.39, 0.29) is 60.1 Å². The number of hydrogen-bond donors (Lipinski definition) is 2. The molecule has 2 N–H and O–H groups in total. The maximum absolute atomic E-state index is 12.6. The summed E-state index contributed by atoms with van der Waals surface area (Å²) >= 11 is 0. The van der Waals surface area contributed by atoms with E-state index in [9.17, 15) is 18.0 Å². The zero-order valence-electron chi connectivity index (χ0n) is 18.0. The predicted octanol–water partition coefficient (Wildman–Crippen LogP) is 2.82. The number of carbonyl (C=O) groups excluding carboxylic acids is 2. The van der Waals surface area contributed by atoms with Gasteiger partial charge in [0.25, 0.3) is 0 Å². The van der Waals surface area contributed by atoms with Crippen molar-refractivity contribution in [1.82, 2.24) is 10.6 Å². The van der Waals surface area contributed by atoms with Crippen molar-refractivity contribution < 1.29 is 18.0 Å². The molecule has 2 aliphatic carbocycles. The Hall–Kier alpha value is -1.11. The first-order chi connectivity index (χ1) is 13.7. The largest absolute Gasteiger partial charge is 0.353 e. The van der Waals surface area contributed by atoms with Gasteiger partial charge in [0.2, 0.25) is 11.8 Å². The molecule has 1 saturated heterocycles. The minimum absolute atomic E-state index is 0.0262. The van der Waals surface area contributed by atoms with E-state index in [1.54, 1.807) is 0 Å². The van der Waals surface area contributed by atoms with E-state index >= 15 is 0 Å². The molecule has 0 spiro atoms. The van der Waals surface area contributed by atoms with Gasteiger partial charge in [-0.1, -0.05) is 39.5 Å². The fraction of sp³-hybridized carbons (Fsp3) is 0.909. The van der Waals surface area contributed by atoms with Gasteiger partial charge < -0.3 is 10.6 Å². The van der Waals surface area contributed by atoms with Crippen LogP contribution in [0.25, 0.3) is 0 Å². The quantitative estimate of drug-likeness (QED) is 0.683. The van der Waals surface area contributed by atoms with Crippen LogP contribution in [0.2, 0.25) is 0 Å². The highest BCUT2D eigenvalue weighted by molar-refractivity contribution is 7.91. The van der Waals surface area contributed by atoms with Crippen molar-refractivity contribution in [3.63, 3.8) is 0 Å². The zero-order chi connectivity index (χ0) is 21.0. The lowest BCUT2D eigenvalue weighted by Crippen LogP contribution is -2.43. The molecule has 1 aliphatic heterocycles. The van der Waals surface area contributed by atoms with Crippen LogP contribution in [0.5, 0.6) is 0 Å². The Bertz CT molecular complexity index is 641. The van der Waals surface area contributed by atoms with Gasteiger partial charge in [0.05, 0.1) is 11.5 Å². The van der Waals surface area contributed by atoms with Crippen molar-refractivity contribution in [2.75, 3.05) is 11.5 Å². The molecule has 1 heterocycles. The van der Waals surface area contributed by atoms with Crippen molar-refractivity contribution in [1.29, 1.82) is 0 Å². The molecular weight excluding hydrogens is 388 g/mol. The topological polar surface area (TPSA) is 92.3 Å². The first-order valence-corrected chi connectivity index (χ1v) is 13.3. The van der Waals surface area contributed by atoms with Gasteiger partial charge in [0.1, 0.15) is 0 Å². The Morgan fingerprint density at radius 1 is 0.724 bits per heavy atom. The Balaban J connectivity index is 1.54. The Morgan fingerprint density at radius 2 is 1.10 bits per heavy atom. The Morgan fingerprint density at radius 3 is 1.48 bits per heavy atom. The predicted molar refractivity (Wildman–Crippen MR) is 114 cm³/mol. The third kappa shape index (κ3) is 6.43. The molecule has 3 fully saturated rings. The van der Waals surface area contributed by atoms with Crippen LogP contribution in [-0.4, -0.2) is 43.8 Å². The molecule has 3 aliphatic rings. The van der Waals surface area contributed by atoms with Crippen LogP contribution in [0.15, 0.2) is 0 Å². The number of sulfone groups is 1. The van der Waals surface area contributed by atoms with Crippen molar-refractivity contribution in [2.24, 2.45) is 23.7 Å². The summed E-state index contributed by atoms with van der Waals surface area (Å²) in [6.07, 6.45) is 9.38. The second kappa shape index (κ2) is 9.80. The van der Waals surface area contributed by atoms with Crippen LogP contribution in [0.4, 0.5) is 0 Å². The molecule has 0 aromatic rings. The summed E-state index contributed by atoms with van der Waals surface area (Å²) in [4.78, 5) is 25.2. The number of rotatable bonds is 6. The van der Waals surface area contributed by atoms with Crippen LogP contribution in [0.1, 0.15) is 78.1 Å². The van der Waals surface area contributed by atoms with Crippen molar-refractivity contribution in [3.8, 4) is 0 Å². The Kier molecular flexibility index (Phi) is 7.63. The molecule has 2 saturated carbocycles. The van der Waals surface area contributed by atoms with Gasteiger partial charge in [-0.2, -0.15) is 0 Å². The maximum atomic E-state index is 12.6. The lowest BCUT2D eigenvalue weighted by atomic mass is 9.84. The summed E-state index contributed by atoms with van der Waals surface area (Å²) in [6.45, 7) is 4.34. The summed E-state index contributed by atoms with van der Waals surface area (Å²) in [6, 6.07) is 0.396. The molecule has 0 radical (unpaired) electrons. The van der Waals surface area contributed by atoms with Crippen LogP contribution in [0.3, 0.4) is 0 Å². The van der Waals surface area contributed by atoms with Crippen molar-refractivity contribution in [3.05, 3.63) is 0 Å². The van der Waals surface area contributed by atoms with Crippen LogP contribution >= 0.6 is 0 Å². The number of carbonyl (C=O) groups is 2.